The van der Waals surface area contributed by atoms with Gasteiger partial charge < -0.3 is 20.5 Å². The minimum absolute atomic E-state index is 0.0780. The summed E-state index contributed by atoms with van der Waals surface area (Å²) in [7, 11) is 0. The highest BCUT2D eigenvalue weighted by molar-refractivity contribution is 5.76. The first kappa shape index (κ1) is 19.8. The number of carbonyl (C=O) groups is 1. The number of benzene rings is 1. The summed E-state index contributed by atoms with van der Waals surface area (Å²) in [4.78, 5) is 32.5. The highest BCUT2D eigenvalue weighted by Crippen LogP contribution is 2.68. The van der Waals surface area contributed by atoms with Crippen molar-refractivity contribution in [1.82, 2.24) is 20.2 Å². The fraction of sp³-hybridized carbons (Fsp3) is 0.476. The topological polar surface area (TPSA) is 119 Å². The molecule has 8 heteroatoms. The Morgan fingerprint density at radius 1 is 1.38 bits per heavy atom. The van der Waals surface area contributed by atoms with Crippen LogP contribution in [0.3, 0.4) is 0 Å². The van der Waals surface area contributed by atoms with Gasteiger partial charge in [0.25, 0.3) is 5.56 Å². The maximum absolute atomic E-state index is 11.7. The van der Waals surface area contributed by atoms with Crippen LogP contribution >= 0.6 is 0 Å². The number of rotatable bonds is 6. The average molecular weight is 398 g/mol. The Morgan fingerprint density at radius 2 is 2.14 bits per heavy atom. The number of hydrogen-bond donors (Lipinski definition) is 4. The summed E-state index contributed by atoms with van der Waals surface area (Å²) in [6.07, 6.45) is -0.549. The number of likely N-dealkylation sites (tertiary alicyclic amines) is 1. The molecule has 2 fully saturated rings. The van der Waals surface area contributed by atoms with E-state index in [1.165, 1.54) is 6.07 Å². The molecule has 1 aromatic heterocycles. The van der Waals surface area contributed by atoms with Crippen molar-refractivity contribution in [2.24, 2.45) is 11.3 Å². The first-order chi connectivity index (χ1) is 13.9. The summed E-state index contributed by atoms with van der Waals surface area (Å²) in [5.41, 5.74) is 1.28. The molecule has 8 nitrogen and oxygen atoms in total. The largest absolute Gasteiger partial charge is 0.391 e. The molecule has 1 aliphatic carbocycles. The van der Waals surface area contributed by atoms with Gasteiger partial charge in [0.1, 0.15) is 12.4 Å². The predicted molar refractivity (Wildman–Crippen MR) is 106 cm³/mol. The van der Waals surface area contributed by atoms with Crippen LogP contribution in [0.5, 0.6) is 0 Å². The first-order valence-electron chi connectivity index (χ1n) is 9.84. The summed E-state index contributed by atoms with van der Waals surface area (Å²) in [5, 5.41) is 22.8. The molecule has 1 spiro atoms. The minimum atomic E-state index is -0.549. The van der Waals surface area contributed by atoms with Gasteiger partial charge in [-0.15, -0.1) is 0 Å². The third kappa shape index (κ3) is 3.71. The van der Waals surface area contributed by atoms with E-state index in [4.69, 9.17) is 5.11 Å². The van der Waals surface area contributed by atoms with Gasteiger partial charge in [-0.3, -0.25) is 14.5 Å². The van der Waals surface area contributed by atoms with E-state index >= 15 is 0 Å². The molecule has 1 amide bonds. The van der Waals surface area contributed by atoms with Crippen molar-refractivity contribution in [3.05, 3.63) is 63.8 Å². The maximum atomic E-state index is 11.7. The fourth-order valence-corrected chi connectivity index (χ4v) is 5.04. The second-order valence-corrected chi connectivity index (χ2v) is 8.08. The number of aliphatic hydroxyl groups excluding tert-OH is 2. The summed E-state index contributed by atoms with van der Waals surface area (Å²) >= 11 is 0. The molecule has 1 saturated heterocycles. The van der Waals surface area contributed by atoms with Crippen LogP contribution in [0.2, 0.25) is 0 Å². The zero-order valence-corrected chi connectivity index (χ0v) is 16.3. The zero-order valence-electron chi connectivity index (χ0n) is 16.3. The molecule has 154 valence electrons. The number of nitrogens with one attached hydrogen (secondary N) is 2. The van der Waals surface area contributed by atoms with Gasteiger partial charge in [0.15, 0.2) is 0 Å². The first-order valence-corrected chi connectivity index (χ1v) is 9.84. The number of aryl methyl sites for hydroxylation is 1. The van der Waals surface area contributed by atoms with E-state index in [0.717, 1.165) is 5.56 Å². The number of nitrogens with zero attached hydrogens (tertiary/aromatic N) is 2. The summed E-state index contributed by atoms with van der Waals surface area (Å²) in [6, 6.07) is 11.5. The van der Waals surface area contributed by atoms with Gasteiger partial charge in [-0.2, -0.15) is 0 Å². The maximum Gasteiger partial charge on any atom is 0.251 e. The van der Waals surface area contributed by atoms with Crippen LogP contribution in [0, 0.1) is 18.3 Å². The van der Waals surface area contributed by atoms with E-state index in [9.17, 15) is 14.7 Å². The Morgan fingerprint density at radius 3 is 2.83 bits per heavy atom. The molecule has 0 unspecified atom stereocenters. The van der Waals surface area contributed by atoms with Crippen molar-refractivity contribution in [2.45, 2.75) is 25.5 Å². The van der Waals surface area contributed by atoms with Gasteiger partial charge in [0.2, 0.25) is 5.91 Å². The number of carbonyl (C=O) groups excluding carboxylic acids is 1. The molecule has 0 radical (unpaired) electrons. The van der Waals surface area contributed by atoms with Crippen molar-refractivity contribution in [3.63, 3.8) is 0 Å². The van der Waals surface area contributed by atoms with Crippen molar-refractivity contribution in [3.8, 4) is 0 Å². The van der Waals surface area contributed by atoms with E-state index in [-0.39, 0.29) is 22.8 Å². The SMILES string of the molecule is Cc1nc(CN2C[C@@H](O)[C@@]3(C2)[C@H](CNC(=O)CO)[C@H]3c2ccccc2)cc(=O)[nH]1. The number of aromatic nitrogens is 2. The summed E-state index contributed by atoms with van der Waals surface area (Å²) < 4.78 is 0. The van der Waals surface area contributed by atoms with Crippen molar-refractivity contribution >= 4 is 5.91 Å². The lowest BCUT2D eigenvalue weighted by atomic mass is 9.95. The molecule has 0 bridgehead atoms. The molecule has 1 saturated carbocycles. The van der Waals surface area contributed by atoms with Gasteiger partial charge >= 0.3 is 0 Å². The number of H-pyrrole nitrogens is 1. The van der Waals surface area contributed by atoms with Gasteiger partial charge in [-0.1, -0.05) is 30.3 Å². The molecular formula is C21H26N4O4. The Balaban J connectivity index is 1.55. The molecule has 2 aliphatic rings. The minimum Gasteiger partial charge on any atom is -0.391 e. The molecule has 2 aromatic rings. The molecule has 2 heterocycles. The normalized spacial score (nSPS) is 28.6. The average Bonchev–Trinajstić information content (AvgIpc) is 3.21. The van der Waals surface area contributed by atoms with Crippen LogP contribution in [0.15, 0.2) is 41.2 Å². The zero-order chi connectivity index (χ0) is 20.6. The van der Waals surface area contributed by atoms with Crippen LogP contribution in [-0.2, 0) is 11.3 Å². The van der Waals surface area contributed by atoms with Crippen LogP contribution in [-0.4, -0.2) is 63.3 Å². The second kappa shape index (κ2) is 7.70. The number of aromatic amines is 1. The smallest absolute Gasteiger partial charge is 0.251 e. The van der Waals surface area contributed by atoms with Crippen LogP contribution < -0.4 is 10.9 Å². The Labute approximate surface area is 168 Å². The van der Waals surface area contributed by atoms with Gasteiger partial charge in [-0.25, -0.2) is 4.98 Å². The Kier molecular flexibility index (Phi) is 5.24. The number of amides is 1. The molecule has 1 aromatic carbocycles. The molecular weight excluding hydrogens is 372 g/mol. The van der Waals surface area contributed by atoms with E-state index in [1.54, 1.807) is 6.92 Å². The summed E-state index contributed by atoms with van der Waals surface area (Å²) in [6.45, 7) is 3.24. The van der Waals surface area contributed by atoms with Gasteiger partial charge in [0, 0.05) is 37.7 Å². The predicted octanol–water partition coefficient (Wildman–Crippen LogP) is -0.237. The third-order valence-corrected chi connectivity index (χ3v) is 6.23. The van der Waals surface area contributed by atoms with E-state index in [0.29, 0.717) is 37.7 Å². The highest BCUT2D eigenvalue weighted by atomic mass is 16.3. The second-order valence-electron chi connectivity index (χ2n) is 8.08. The van der Waals surface area contributed by atoms with Crippen molar-refractivity contribution in [1.29, 1.82) is 0 Å². The fourth-order valence-electron chi connectivity index (χ4n) is 5.04. The van der Waals surface area contributed by atoms with Crippen LogP contribution in [0.4, 0.5) is 0 Å². The Bertz CT molecular complexity index is 947. The molecule has 4 rings (SSSR count). The third-order valence-electron chi connectivity index (χ3n) is 6.23. The highest BCUT2D eigenvalue weighted by Gasteiger charge is 2.70. The monoisotopic (exact) mass is 398 g/mol. The van der Waals surface area contributed by atoms with E-state index < -0.39 is 18.6 Å². The quantitative estimate of drug-likeness (QED) is 0.534. The van der Waals surface area contributed by atoms with Crippen LogP contribution in [0.25, 0.3) is 0 Å². The number of β-amino-alcohol motifs (C(OH)–C–C–N with tert-alkyl or cyclic N) is 1. The molecule has 29 heavy (non-hydrogen) atoms. The molecule has 1 aliphatic heterocycles. The lowest BCUT2D eigenvalue weighted by Crippen LogP contribution is -2.31. The van der Waals surface area contributed by atoms with E-state index in [1.807, 2.05) is 18.2 Å². The van der Waals surface area contributed by atoms with E-state index in [2.05, 4.69) is 32.3 Å². The Hall–Kier alpha value is -2.55. The van der Waals surface area contributed by atoms with Crippen LogP contribution in [0.1, 0.15) is 23.0 Å². The standard InChI is InChI=1S/C21H26N4O4/c1-13-23-15(7-18(28)24-13)9-25-10-17(27)21(12-25)16(8-22-19(29)11-26)20(21)14-5-3-2-4-6-14/h2-7,16-17,20,26-27H,8-12H2,1H3,(H,22,29)(H,23,24,28)/t16-,17-,20-,21-/m1/s1. The summed E-state index contributed by atoms with van der Waals surface area (Å²) in [5.74, 6) is 0.359. The van der Waals surface area contributed by atoms with Gasteiger partial charge in [0.05, 0.1) is 11.8 Å². The molecule has 4 N–H and O–H groups in total. The van der Waals surface area contributed by atoms with Gasteiger partial charge in [-0.05, 0) is 24.3 Å². The lowest BCUT2D eigenvalue weighted by Gasteiger charge is -2.16. The van der Waals surface area contributed by atoms with Crippen molar-refractivity contribution in [2.75, 3.05) is 26.2 Å². The number of aliphatic hydroxyl groups is 2. The van der Waals surface area contributed by atoms with Crippen molar-refractivity contribution < 1.29 is 15.0 Å². The lowest BCUT2D eigenvalue weighted by molar-refractivity contribution is -0.123. The number of hydrogen-bond acceptors (Lipinski definition) is 6. The molecule has 4 atom stereocenters.